The molecule has 0 saturated carbocycles. The standard InChI is InChI=1S/C13H20N2O2.ClH/c1-13(2,3)17-12(16)15-9-11-7-5-4-6-10(11)8-14;/h4-7H,8-9,14H2,1-3H3,(H,15,16);1H. The first kappa shape index (κ1) is 16.7. The van der Waals surface area contributed by atoms with Crippen molar-refractivity contribution in [2.24, 2.45) is 5.73 Å². The van der Waals surface area contributed by atoms with Crippen LogP contribution in [0.4, 0.5) is 4.79 Å². The van der Waals surface area contributed by atoms with Crippen LogP contribution in [0.2, 0.25) is 0 Å². The van der Waals surface area contributed by atoms with Gasteiger partial charge in [0.25, 0.3) is 0 Å². The monoisotopic (exact) mass is 272 g/mol. The number of rotatable bonds is 3. The molecule has 1 amide bonds. The minimum Gasteiger partial charge on any atom is -0.444 e. The number of hydrogen-bond donors (Lipinski definition) is 2. The lowest BCUT2D eigenvalue weighted by Crippen LogP contribution is -2.32. The zero-order valence-corrected chi connectivity index (χ0v) is 11.8. The Balaban J connectivity index is 0.00000289. The van der Waals surface area contributed by atoms with Crippen LogP contribution in [0, 0.1) is 0 Å². The normalized spacial score (nSPS) is 10.4. The summed E-state index contributed by atoms with van der Waals surface area (Å²) in [5.74, 6) is 0. The van der Waals surface area contributed by atoms with Gasteiger partial charge in [-0.3, -0.25) is 0 Å². The fraction of sp³-hybridized carbons (Fsp3) is 0.462. The maximum absolute atomic E-state index is 11.5. The molecular weight excluding hydrogens is 252 g/mol. The van der Waals surface area contributed by atoms with Crippen LogP contribution in [-0.2, 0) is 17.8 Å². The molecule has 18 heavy (non-hydrogen) atoms. The van der Waals surface area contributed by atoms with E-state index in [0.717, 1.165) is 11.1 Å². The molecule has 5 heteroatoms. The Hall–Kier alpha value is -1.26. The second-order valence-electron chi connectivity index (χ2n) is 4.83. The fourth-order valence-corrected chi connectivity index (χ4v) is 1.41. The third-order valence-corrected chi connectivity index (χ3v) is 2.16. The number of nitrogens with one attached hydrogen (secondary N) is 1. The number of benzene rings is 1. The topological polar surface area (TPSA) is 64.3 Å². The zero-order chi connectivity index (χ0) is 12.9. The maximum Gasteiger partial charge on any atom is 0.407 e. The van der Waals surface area contributed by atoms with Gasteiger partial charge in [-0.1, -0.05) is 24.3 Å². The molecule has 1 aromatic carbocycles. The van der Waals surface area contributed by atoms with Crippen molar-refractivity contribution < 1.29 is 9.53 Å². The summed E-state index contributed by atoms with van der Waals surface area (Å²) in [6.45, 7) is 6.40. The molecule has 0 radical (unpaired) electrons. The molecule has 0 aliphatic rings. The molecule has 0 unspecified atom stereocenters. The highest BCUT2D eigenvalue weighted by Crippen LogP contribution is 2.09. The predicted molar refractivity (Wildman–Crippen MR) is 74.7 cm³/mol. The minimum absolute atomic E-state index is 0. The molecule has 1 rings (SSSR count). The van der Waals surface area contributed by atoms with E-state index in [-0.39, 0.29) is 12.4 Å². The van der Waals surface area contributed by atoms with E-state index in [4.69, 9.17) is 10.5 Å². The van der Waals surface area contributed by atoms with Crippen LogP contribution in [-0.4, -0.2) is 11.7 Å². The van der Waals surface area contributed by atoms with Gasteiger partial charge in [-0.25, -0.2) is 4.79 Å². The maximum atomic E-state index is 11.5. The summed E-state index contributed by atoms with van der Waals surface area (Å²) in [4.78, 5) is 11.5. The Labute approximate surface area is 114 Å². The molecule has 0 saturated heterocycles. The van der Waals surface area contributed by atoms with Crippen molar-refractivity contribution in [1.82, 2.24) is 5.32 Å². The third-order valence-electron chi connectivity index (χ3n) is 2.16. The number of ether oxygens (including phenoxy) is 1. The number of carbonyl (C=O) groups is 1. The van der Waals surface area contributed by atoms with Crippen molar-refractivity contribution in [2.75, 3.05) is 0 Å². The van der Waals surface area contributed by atoms with Gasteiger partial charge in [-0.2, -0.15) is 0 Å². The molecule has 0 spiro atoms. The molecule has 0 atom stereocenters. The second kappa shape index (κ2) is 7.24. The molecule has 3 N–H and O–H groups in total. The van der Waals surface area contributed by atoms with Gasteiger partial charge in [0.1, 0.15) is 5.60 Å². The van der Waals surface area contributed by atoms with Crippen LogP contribution in [0.1, 0.15) is 31.9 Å². The van der Waals surface area contributed by atoms with E-state index < -0.39 is 11.7 Å². The summed E-state index contributed by atoms with van der Waals surface area (Å²) in [6.07, 6.45) is -0.413. The number of alkyl carbamates (subject to hydrolysis) is 1. The largest absolute Gasteiger partial charge is 0.444 e. The van der Waals surface area contributed by atoms with Gasteiger partial charge in [-0.15, -0.1) is 12.4 Å². The lowest BCUT2D eigenvalue weighted by molar-refractivity contribution is 0.0523. The quantitative estimate of drug-likeness (QED) is 0.889. The molecule has 1 aromatic rings. The molecule has 0 heterocycles. The second-order valence-corrected chi connectivity index (χ2v) is 4.83. The van der Waals surface area contributed by atoms with Crippen LogP contribution >= 0.6 is 12.4 Å². The van der Waals surface area contributed by atoms with Crippen molar-refractivity contribution in [3.05, 3.63) is 35.4 Å². The first-order valence-corrected chi connectivity index (χ1v) is 5.66. The van der Waals surface area contributed by atoms with E-state index in [1.165, 1.54) is 0 Å². The summed E-state index contributed by atoms with van der Waals surface area (Å²) in [5.41, 5.74) is 7.19. The third kappa shape index (κ3) is 5.89. The van der Waals surface area contributed by atoms with E-state index in [1.54, 1.807) is 0 Å². The molecule has 102 valence electrons. The number of amides is 1. The highest BCUT2D eigenvalue weighted by atomic mass is 35.5. The first-order chi connectivity index (χ1) is 7.92. The molecule has 0 aromatic heterocycles. The average molecular weight is 273 g/mol. The van der Waals surface area contributed by atoms with Crippen molar-refractivity contribution in [3.8, 4) is 0 Å². The summed E-state index contributed by atoms with van der Waals surface area (Å²) >= 11 is 0. The first-order valence-electron chi connectivity index (χ1n) is 5.66. The predicted octanol–water partition coefficient (Wildman–Crippen LogP) is 2.59. The smallest absolute Gasteiger partial charge is 0.407 e. The summed E-state index contributed by atoms with van der Waals surface area (Å²) in [7, 11) is 0. The van der Waals surface area contributed by atoms with Crippen molar-refractivity contribution in [1.29, 1.82) is 0 Å². The van der Waals surface area contributed by atoms with Crippen LogP contribution in [0.5, 0.6) is 0 Å². The Bertz CT molecular complexity index is 389. The van der Waals surface area contributed by atoms with Gasteiger partial charge in [0, 0.05) is 13.1 Å². The summed E-state index contributed by atoms with van der Waals surface area (Å²) < 4.78 is 5.15. The number of halogens is 1. The molecular formula is C13H21ClN2O2. The minimum atomic E-state index is -0.475. The van der Waals surface area contributed by atoms with E-state index in [1.807, 2.05) is 45.0 Å². The SMILES string of the molecule is CC(C)(C)OC(=O)NCc1ccccc1CN.Cl. The van der Waals surface area contributed by atoms with Crippen LogP contribution < -0.4 is 11.1 Å². The lowest BCUT2D eigenvalue weighted by Gasteiger charge is -2.20. The number of carbonyl (C=O) groups excluding carboxylic acids is 1. The van der Waals surface area contributed by atoms with E-state index in [9.17, 15) is 4.79 Å². The number of hydrogen-bond acceptors (Lipinski definition) is 3. The Morgan fingerprint density at radius 1 is 1.28 bits per heavy atom. The van der Waals surface area contributed by atoms with Crippen LogP contribution in [0.25, 0.3) is 0 Å². The summed E-state index contributed by atoms with van der Waals surface area (Å²) in [5, 5.41) is 2.71. The molecule has 0 bridgehead atoms. The van der Waals surface area contributed by atoms with E-state index in [0.29, 0.717) is 13.1 Å². The Kier molecular flexibility index (Phi) is 6.73. The van der Waals surface area contributed by atoms with Gasteiger partial charge in [0.15, 0.2) is 0 Å². The zero-order valence-electron chi connectivity index (χ0n) is 11.0. The van der Waals surface area contributed by atoms with Gasteiger partial charge in [0.05, 0.1) is 0 Å². The van der Waals surface area contributed by atoms with Crippen molar-refractivity contribution in [2.45, 2.75) is 39.5 Å². The number of nitrogens with two attached hydrogens (primary N) is 1. The van der Waals surface area contributed by atoms with Crippen LogP contribution in [0.3, 0.4) is 0 Å². The molecule has 0 aliphatic carbocycles. The lowest BCUT2D eigenvalue weighted by atomic mass is 10.1. The molecule has 0 fully saturated rings. The Morgan fingerprint density at radius 2 is 1.83 bits per heavy atom. The van der Waals surface area contributed by atoms with Gasteiger partial charge < -0.3 is 15.8 Å². The Morgan fingerprint density at radius 3 is 2.33 bits per heavy atom. The van der Waals surface area contributed by atoms with Crippen molar-refractivity contribution in [3.63, 3.8) is 0 Å². The van der Waals surface area contributed by atoms with Gasteiger partial charge >= 0.3 is 6.09 Å². The highest BCUT2D eigenvalue weighted by Gasteiger charge is 2.15. The molecule has 4 nitrogen and oxygen atoms in total. The van der Waals surface area contributed by atoms with Gasteiger partial charge in [0.2, 0.25) is 0 Å². The van der Waals surface area contributed by atoms with Crippen LogP contribution in [0.15, 0.2) is 24.3 Å². The molecule has 0 aliphatic heterocycles. The average Bonchev–Trinajstić information content (AvgIpc) is 2.24. The highest BCUT2D eigenvalue weighted by molar-refractivity contribution is 5.85. The van der Waals surface area contributed by atoms with E-state index in [2.05, 4.69) is 5.32 Å². The van der Waals surface area contributed by atoms with Crippen molar-refractivity contribution >= 4 is 18.5 Å². The van der Waals surface area contributed by atoms with E-state index >= 15 is 0 Å². The fourth-order valence-electron chi connectivity index (χ4n) is 1.41. The van der Waals surface area contributed by atoms with Gasteiger partial charge in [-0.05, 0) is 31.9 Å². The summed E-state index contributed by atoms with van der Waals surface area (Å²) in [6, 6.07) is 7.75.